The van der Waals surface area contributed by atoms with Crippen molar-refractivity contribution >= 4 is 34.6 Å². The number of benzene rings is 1. The quantitative estimate of drug-likeness (QED) is 0.491. The Balaban J connectivity index is 1.84. The minimum absolute atomic E-state index is 0.0932. The van der Waals surface area contributed by atoms with E-state index < -0.39 is 0 Å². The van der Waals surface area contributed by atoms with Crippen molar-refractivity contribution in [3.05, 3.63) is 76.3 Å². The molecule has 0 saturated carbocycles. The highest BCUT2D eigenvalue weighted by Gasteiger charge is 2.42. The van der Waals surface area contributed by atoms with Crippen LogP contribution in [0.1, 0.15) is 34.7 Å². The van der Waals surface area contributed by atoms with E-state index in [0.29, 0.717) is 22.5 Å². The van der Waals surface area contributed by atoms with Crippen LogP contribution in [0.15, 0.2) is 48.7 Å². The van der Waals surface area contributed by atoms with Gasteiger partial charge in [0.25, 0.3) is 0 Å². The van der Waals surface area contributed by atoms with Gasteiger partial charge in [-0.3, -0.25) is 4.98 Å². The first-order valence-corrected chi connectivity index (χ1v) is 11.2. The second kappa shape index (κ2) is 9.48. The number of ether oxygens (including phenoxy) is 2. The monoisotopic (exact) mass is 470 g/mol. The van der Waals surface area contributed by atoms with Crippen molar-refractivity contribution in [1.82, 2.24) is 14.9 Å². The Morgan fingerprint density at radius 1 is 1.16 bits per heavy atom. The van der Waals surface area contributed by atoms with Crippen LogP contribution in [0.3, 0.4) is 0 Å². The molecule has 1 N–H and O–H groups in total. The van der Waals surface area contributed by atoms with E-state index in [9.17, 15) is 0 Å². The number of hydrogen-bond acceptors (Lipinski definition) is 4. The number of nitrogens with zero attached hydrogens (tertiary/aromatic N) is 3. The predicted molar refractivity (Wildman–Crippen MR) is 132 cm³/mol. The molecule has 32 heavy (non-hydrogen) atoms. The highest BCUT2D eigenvalue weighted by molar-refractivity contribution is 7.80. The van der Waals surface area contributed by atoms with Gasteiger partial charge in [-0.05, 0) is 68.0 Å². The number of halogens is 1. The highest BCUT2D eigenvalue weighted by atomic mass is 35.5. The number of aryl methyl sites for hydroxylation is 1. The van der Waals surface area contributed by atoms with Crippen molar-refractivity contribution in [2.45, 2.75) is 32.5 Å². The highest BCUT2D eigenvalue weighted by Crippen LogP contribution is 2.44. The number of thiocarbonyl (C=S) groups is 1. The van der Waals surface area contributed by atoms with Crippen LogP contribution in [0.4, 0.5) is 5.69 Å². The van der Waals surface area contributed by atoms with Gasteiger partial charge in [0.05, 0.1) is 36.5 Å². The van der Waals surface area contributed by atoms with Gasteiger partial charge in [-0.15, -0.1) is 0 Å². The maximum Gasteiger partial charge on any atom is 0.174 e. The van der Waals surface area contributed by atoms with Gasteiger partial charge in [0, 0.05) is 36.9 Å². The Bertz CT molecular complexity index is 1120. The zero-order chi connectivity index (χ0) is 22.8. The van der Waals surface area contributed by atoms with Gasteiger partial charge in [0.2, 0.25) is 0 Å². The molecule has 1 saturated heterocycles. The third-order valence-corrected chi connectivity index (χ3v) is 6.57. The topological polar surface area (TPSA) is 51.5 Å². The number of methoxy groups -OCH3 is 2. The molecule has 0 bridgehead atoms. The van der Waals surface area contributed by atoms with Crippen LogP contribution in [0.2, 0.25) is 5.02 Å². The Hall–Kier alpha value is -2.61. The molecule has 4 rings (SSSR count). The maximum atomic E-state index is 6.47. The van der Waals surface area contributed by atoms with Crippen LogP contribution in [-0.2, 0) is 11.3 Å². The van der Waals surface area contributed by atoms with Gasteiger partial charge in [0.15, 0.2) is 5.11 Å². The van der Waals surface area contributed by atoms with Crippen molar-refractivity contribution in [2.75, 3.05) is 25.7 Å². The average molecular weight is 471 g/mol. The number of nitrogens with one attached hydrogen (secondary N) is 1. The fraction of sp³-hybridized carbons (Fsp3) is 0.333. The van der Waals surface area contributed by atoms with Gasteiger partial charge in [0.1, 0.15) is 5.75 Å². The predicted octanol–water partition coefficient (Wildman–Crippen LogP) is 4.99. The van der Waals surface area contributed by atoms with Crippen molar-refractivity contribution in [2.24, 2.45) is 0 Å². The van der Waals surface area contributed by atoms with Crippen molar-refractivity contribution in [3.63, 3.8) is 0 Å². The molecule has 2 aromatic heterocycles. The van der Waals surface area contributed by atoms with E-state index in [1.165, 1.54) is 17.0 Å². The molecule has 0 amide bonds. The Morgan fingerprint density at radius 3 is 2.62 bits per heavy atom. The lowest BCUT2D eigenvalue weighted by Crippen LogP contribution is -2.29. The van der Waals surface area contributed by atoms with Crippen LogP contribution in [0.25, 0.3) is 0 Å². The van der Waals surface area contributed by atoms with E-state index in [1.807, 2.05) is 42.6 Å². The summed E-state index contributed by atoms with van der Waals surface area (Å²) in [6, 6.07) is 13.7. The number of anilines is 1. The summed E-state index contributed by atoms with van der Waals surface area (Å²) in [6.07, 6.45) is 1.81. The second-order valence-electron chi connectivity index (χ2n) is 7.79. The molecule has 168 valence electrons. The van der Waals surface area contributed by atoms with E-state index in [-0.39, 0.29) is 12.1 Å². The summed E-state index contributed by atoms with van der Waals surface area (Å²) in [5, 5.41) is 4.67. The molecule has 1 aliphatic rings. The number of pyridine rings is 1. The molecule has 1 aliphatic heterocycles. The maximum absolute atomic E-state index is 6.47. The van der Waals surface area contributed by atoms with Crippen molar-refractivity contribution in [3.8, 4) is 5.75 Å². The van der Waals surface area contributed by atoms with E-state index in [2.05, 4.69) is 39.7 Å². The van der Waals surface area contributed by atoms with Gasteiger partial charge in [-0.1, -0.05) is 17.7 Å². The van der Waals surface area contributed by atoms with Crippen LogP contribution >= 0.6 is 23.8 Å². The molecule has 0 radical (unpaired) electrons. The largest absolute Gasteiger partial charge is 0.495 e. The van der Waals surface area contributed by atoms with Crippen LogP contribution in [0.5, 0.6) is 5.75 Å². The van der Waals surface area contributed by atoms with E-state index >= 15 is 0 Å². The molecule has 6 nitrogen and oxygen atoms in total. The Morgan fingerprint density at radius 2 is 1.97 bits per heavy atom. The minimum Gasteiger partial charge on any atom is -0.495 e. The molecule has 0 aliphatic carbocycles. The molecule has 2 atom stereocenters. The van der Waals surface area contributed by atoms with Gasteiger partial charge >= 0.3 is 0 Å². The van der Waals surface area contributed by atoms with E-state index in [4.69, 9.17) is 33.3 Å². The molecule has 0 spiro atoms. The van der Waals surface area contributed by atoms with Crippen molar-refractivity contribution in [1.29, 1.82) is 0 Å². The SMILES string of the molecule is COCCn1c(C)cc([C@H]2[C@H](c3ccccn3)NC(=S)N2c2ccc(OC)c(Cl)c2)c1C. The number of rotatable bonds is 7. The standard InChI is InChI=1S/C24H27ClN4O2S/c1-15-13-18(16(2)28(15)11-12-30-3)23-22(20-7-5-6-10-26-20)27-24(32)29(23)17-8-9-21(31-4)19(25)14-17/h5-10,13-14,22-23H,11-12H2,1-4H3,(H,27,32)/t22-,23-/m0/s1. The third kappa shape index (κ3) is 4.08. The summed E-state index contributed by atoms with van der Waals surface area (Å²) in [7, 11) is 3.33. The lowest BCUT2D eigenvalue weighted by molar-refractivity contribution is 0.186. The first-order valence-electron chi connectivity index (χ1n) is 10.5. The smallest absolute Gasteiger partial charge is 0.174 e. The minimum atomic E-state index is -0.110. The average Bonchev–Trinajstić information content (AvgIpc) is 3.28. The molecule has 1 fully saturated rings. The van der Waals surface area contributed by atoms with Crippen molar-refractivity contribution < 1.29 is 9.47 Å². The molecule has 8 heteroatoms. The van der Waals surface area contributed by atoms with Gasteiger partial charge < -0.3 is 24.3 Å². The summed E-state index contributed by atoms with van der Waals surface area (Å²) < 4.78 is 13.0. The summed E-state index contributed by atoms with van der Waals surface area (Å²) >= 11 is 12.3. The first-order chi connectivity index (χ1) is 15.5. The molecule has 1 aromatic carbocycles. The molecular formula is C24H27ClN4O2S. The third-order valence-electron chi connectivity index (χ3n) is 5.96. The molecular weight excluding hydrogens is 444 g/mol. The number of hydrogen-bond donors (Lipinski definition) is 1. The number of aromatic nitrogens is 2. The van der Waals surface area contributed by atoms with E-state index in [0.717, 1.165) is 17.9 Å². The Kier molecular flexibility index (Phi) is 6.69. The van der Waals surface area contributed by atoms with E-state index in [1.54, 1.807) is 14.2 Å². The summed E-state index contributed by atoms with van der Waals surface area (Å²) in [5.41, 5.74) is 5.39. The summed E-state index contributed by atoms with van der Waals surface area (Å²) in [5.74, 6) is 0.629. The van der Waals surface area contributed by atoms with Crippen LogP contribution < -0.4 is 15.0 Å². The molecule has 3 heterocycles. The lowest BCUT2D eigenvalue weighted by Gasteiger charge is -2.28. The normalized spacial score (nSPS) is 18.2. The van der Waals surface area contributed by atoms with Gasteiger partial charge in [-0.25, -0.2) is 0 Å². The zero-order valence-corrected chi connectivity index (χ0v) is 20.2. The fourth-order valence-electron chi connectivity index (χ4n) is 4.41. The summed E-state index contributed by atoms with van der Waals surface area (Å²) in [6.45, 7) is 5.71. The van der Waals surface area contributed by atoms with Crippen LogP contribution in [-0.4, -0.2) is 35.5 Å². The summed E-state index contributed by atoms with van der Waals surface area (Å²) in [4.78, 5) is 6.76. The fourth-order valence-corrected chi connectivity index (χ4v) is 5.01. The Labute approximate surface area is 199 Å². The first kappa shape index (κ1) is 22.6. The lowest BCUT2D eigenvalue weighted by atomic mass is 9.96. The van der Waals surface area contributed by atoms with Crippen LogP contribution in [0, 0.1) is 13.8 Å². The zero-order valence-electron chi connectivity index (χ0n) is 18.6. The molecule has 3 aromatic rings. The molecule has 0 unspecified atom stereocenters. The second-order valence-corrected chi connectivity index (χ2v) is 8.58. The van der Waals surface area contributed by atoms with Gasteiger partial charge in [-0.2, -0.15) is 0 Å².